The highest BCUT2D eigenvalue weighted by Crippen LogP contribution is 2.37. The molecule has 4 amide bonds. The van der Waals surface area contributed by atoms with Crippen LogP contribution in [0.1, 0.15) is 155 Å². The predicted molar refractivity (Wildman–Crippen MR) is 501 cm³/mol. The lowest BCUT2D eigenvalue weighted by molar-refractivity contribution is -0.121. The zero-order chi connectivity index (χ0) is 89.9. The Morgan fingerprint density at radius 1 is 0.447 bits per heavy atom. The molecule has 0 aromatic carbocycles. The number of aromatic nitrogens is 5. The summed E-state index contributed by atoms with van der Waals surface area (Å²) in [5, 5.41) is 0. The summed E-state index contributed by atoms with van der Waals surface area (Å²) in [6.07, 6.45) is 11.1. The first-order chi connectivity index (χ1) is 56.8. The number of piperidine rings is 3. The summed E-state index contributed by atoms with van der Waals surface area (Å²) in [6.45, 7) is 40.6. The topological polar surface area (TPSA) is 357 Å². The average molecular weight is 1980 g/mol. The molecule has 31 nitrogen and oxygen atoms in total. The third-order valence-corrected chi connectivity index (χ3v) is 30.4. The first-order valence-electron chi connectivity index (χ1n) is 41.4. The SMILES string of the molecule is CC(C)(C)OC(=O)N1CCC(=O)CC1.CC(C)(C)OC(=O)N1CCC(N=S2(=O)CCN(c3ccc(B4OC(C)(C)C(C)(C)O4)cn3)CC2)CC1.CC(C)(C)OC(=O)N1CCC(N=S2(=O)CCN(c3ccc(Br)cn3)CC2)CC1.CC(C)(C)OC(=O)N=S1(=O)CCN(c2ccc(Br)cn2)CC1.Cc1ccccn1.N=S1(=O)CCN(c2ccc(Br)cn2)CC1.[B]. The van der Waals surface area contributed by atoms with Crippen molar-refractivity contribution in [2.75, 3.05) is 157 Å². The second-order valence-electron chi connectivity index (χ2n) is 35.9. The number of pyridine rings is 5. The number of anilines is 4. The number of Topliss-reactive ketones (excluding diaryl/α,β-unsaturated/α-hetero) is 1. The van der Waals surface area contributed by atoms with E-state index in [2.05, 4.69) is 91.8 Å². The number of amides is 4. The van der Waals surface area contributed by atoms with Gasteiger partial charge in [-0.2, -0.15) is 0 Å². The van der Waals surface area contributed by atoms with Gasteiger partial charge in [-0.15, -0.1) is 4.36 Å². The number of ketones is 1. The molecule has 0 unspecified atom stereocenters. The van der Waals surface area contributed by atoms with E-state index in [9.17, 15) is 40.8 Å². The van der Waals surface area contributed by atoms with Crippen LogP contribution in [-0.2, 0) is 72.0 Å². The van der Waals surface area contributed by atoms with Crippen LogP contribution < -0.4 is 25.1 Å². The molecule has 13 heterocycles. The van der Waals surface area contributed by atoms with Crippen LogP contribution in [-0.4, -0.2) is 285 Å². The van der Waals surface area contributed by atoms with Crippen LogP contribution >= 0.6 is 47.8 Å². The van der Waals surface area contributed by atoms with Crippen molar-refractivity contribution < 1.29 is 69.1 Å². The minimum absolute atomic E-state index is 0. The smallest absolute Gasteiger partial charge is 0.444 e. The summed E-state index contributed by atoms with van der Waals surface area (Å²) in [7, 11) is -9.74. The maximum absolute atomic E-state index is 13.5. The molecule has 3 radical (unpaired) electrons. The van der Waals surface area contributed by atoms with Gasteiger partial charge in [0, 0.05) is 213 Å². The fourth-order valence-electron chi connectivity index (χ4n) is 13.1. The van der Waals surface area contributed by atoms with E-state index in [0.29, 0.717) is 150 Å². The molecule has 1 N–H and O–H groups in total. The summed E-state index contributed by atoms with van der Waals surface area (Å²) in [5.74, 6) is 7.50. The maximum atomic E-state index is 13.5. The van der Waals surface area contributed by atoms with Gasteiger partial charge >= 0.3 is 31.5 Å². The lowest BCUT2D eigenvalue weighted by Crippen LogP contribution is -2.44. The van der Waals surface area contributed by atoms with Crippen molar-refractivity contribution in [1.29, 1.82) is 4.78 Å². The molecule has 5 aromatic heterocycles. The van der Waals surface area contributed by atoms with Crippen LogP contribution in [0.25, 0.3) is 0 Å². The van der Waals surface area contributed by atoms with E-state index in [-0.39, 0.29) is 55.8 Å². The molecular formula is C83H126B2Br3N16O15S4. The van der Waals surface area contributed by atoms with Gasteiger partial charge in [0.05, 0.1) is 64.0 Å². The van der Waals surface area contributed by atoms with E-state index in [4.69, 9.17) is 41.8 Å². The van der Waals surface area contributed by atoms with E-state index in [1.807, 2.05) is 175 Å². The molecular weight excluding hydrogens is 1850 g/mol. The average Bonchev–Trinajstić information content (AvgIpc) is 1.63. The maximum Gasteiger partial charge on any atom is 0.496 e. The molecule has 8 aliphatic heterocycles. The Labute approximate surface area is 757 Å². The normalized spacial score (nSPS) is 20.0. The summed E-state index contributed by atoms with van der Waals surface area (Å²) in [5.41, 5.74) is -0.890. The number of nitrogens with zero attached hydrogens (tertiary/aromatic N) is 15. The van der Waals surface area contributed by atoms with Crippen LogP contribution in [0.15, 0.2) is 124 Å². The third-order valence-electron chi connectivity index (χ3n) is 20.5. The molecule has 0 saturated carbocycles. The number of aryl methyl sites for hydroxylation is 1. The first kappa shape index (κ1) is 103. The van der Waals surface area contributed by atoms with Gasteiger partial charge in [0.15, 0.2) is 0 Å². The van der Waals surface area contributed by atoms with E-state index >= 15 is 0 Å². The minimum Gasteiger partial charge on any atom is -0.444 e. The molecule has 0 aliphatic carbocycles. The van der Waals surface area contributed by atoms with E-state index < -0.39 is 74.5 Å². The van der Waals surface area contributed by atoms with Gasteiger partial charge in [0.1, 0.15) is 51.5 Å². The Morgan fingerprint density at radius 2 is 0.764 bits per heavy atom. The summed E-state index contributed by atoms with van der Waals surface area (Å²) >= 11 is 10.1. The van der Waals surface area contributed by atoms with Crippen molar-refractivity contribution in [3.63, 3.8) is 0 Å². The Bertz CT molecular complexity index is 4750. The first-order valence-corrected chi connectivity index (χ1v) is 51.3. The monoisotopic (exact) mass is 1970 g/mol. The lowest BCUT2D eigenvalue weighted by Gasteiger charge is -2.34. The number of carbonyl (C=O) groups is 5. The fraction of sp³-hybridized carbons (Fsp3) is 0.639. The quantitative estimate of drug-likeness (QED) is 0.117. The van der Waals surface area contributed by atoms with Crippen molar-refractivity contribution in [1.82, 2.24) is 39.6 Å². The van der Waals surface area contributed by atoms with E-state index in [1.165, 1.54) is 0 Å². The Morgan fingerprint density at radius 3 is 1.05 bits per heavy atom. The van der Waals surface area contributed by atoms with Crippen molar-refractivity contribution in [3.8, 4) is 0 Å². The zero-order valence-corrected chi connectivity index (χ0v) is 82.5. The molecule has 8 saturated heterocycles. The van der Waals surface area contributed by atoms with Gasteiger partial charge in [-0.3, -0.25) is 14.6 Å². The predicted octanol–water partition coefficient (Wildman–Crippen LogP) is 14.0. The standard InChI is InChI=1S/C25H41BN4O5S.C19H29BrN4O3S.C14H20BrN3O3S.C10H17NO3.C9H12BrN3OS.C6H7N.B/c1-23(2,3)33-22(31)30-12-10-20(11-13-30)28-36(32)16-14-29(15-17-36)21-9-8-19(18-27-21)26-34-24(4,5)25(6,7)35-26;1-19(2,3)27-18(25)24-8-6-16(7-9-24)22-28(26)12-10-23(11-13-28)17-5-4-15(20)14-21-17;1-14(2,3)21-13(19)17-22(20)8-6-18(7-9-22)12-5-4-11(15)10-16-12;1-10(2,3)14-9(13)11-6-4-8(12)5-7-11;10-8-1-2-9(12-7-8)13-3-5-15(11,14)6-4-13;1-6-4-2-3-5-7-6;/h8-9,18,20H,10-17H2,1-7H3;4-5,14,16H,6-13H2,1-3H3;4-5,10H,6-9H2,1-3H3;4-7H2,1-3H3;1-2,7,11H,3-6H2;2-5H,1H3;. The van der Waals surface area contributed by atoms with Crippen molar-refractivity contribution in [3.05, 3.63) is 117 Å². The molecule has 5 aromatic rings. The highest BCUT2D eigenvalue weighted by atomic mass is 79.9. The number of rotatable bonds is 7. The van der Waals surface area contributed by atoms with Crippen molar-refractivity contribution in [2.24, 2.45) is 13.1 Å². The third kappa shape index (κ3) is 35.1. The van der Waals surface area contributed by atoms with Crippen LogP contribution in [0.4, 0.5) is 42.4 Å². The zero-order valence-electron chi connectivity index (χ0n) is 74.4. The Hall–Kier alpha value is -6.81. The lowest BCUT2D eigenvalue weighted by atomic mass is 9.80. The van der Waals surface area contributed by atoms with Crippen molar-refractivity contribution >= 4 is 161 Å². The van der Waals surface area contributed by atoms with Crippen LogP contribution in [0.3, 0.4) is 0 Å². The molecule has 40 heteroatoms. The van der Waals surface area contributed by atoms with Crippen LogP contribution in [0.5, 0.6) is 0 Å². The molecule has 0 atom stereocenters. The van der Waals surface area contributed by atoms with Gasteiger partial charge in [-0.05, 0) is 246 Å². The summed E-state index contributed by atoms with van der Waals surface area (Å²) in [6, 6.07) is 21.6. The fourth-order valence-corrected chi connectivity index (χ4v) is 21.1. The van der Waals surface area contributed by atoms with Gasteiger partial charge in [-0.25, -0.2) is 64.7 Å². The molecule has 679 valence electrons. The summed E-state index contributed by atoms with van der Waals surface area (Å²) < 4.78 is 108. The molecule has 0 spiro atoms. The highest BCUT2D eigenvalue weighted by molar-refractivity contribution is 9.11. The van der Waals surface area contributed by atoms with Crippen LogP contribution in [0.2, 0.25) is 0 Å². The molecule has 0 bridgehead atoms. The Balaban J connectivity index is 0.000000214. The minimum atomic E-state index is -2.54. The number of hydrogen-bond acceptors (Lipinski definition) is 27. The van der Waals surface area contributed by atoms with Gasteiger partial charge in [0.2, 0.25) is 0 Å². The number of ether oxygens (including phenoxy) is 4. The largest absolute Gasteiger partial charge is 0.496 e. The number of likely N-dealkylation sites (tertiary alicyclic amines) is 3. The van der Waals surface area contributed by atoms with Crippen LogP contribution in [0, 0.1) is 11.7 Å². The van der Waals surface area contributed by atoms with Crippen molar-refractivity contribution in [2.45, 2.75) is 202 Å². The van der Waals surface area contributed by atoms with E-state index in [1.54, 1.807) is 60.3 Å². The molecule has 8 fully saturated rings. The molecule has 123 heavy (non-hydrogen) atoms. The number of hydrogen-bond donors (Lipinski definition) is 1. The number of halogens is 3. The number of carbonyl (C=O) groups excluding carboxylic acids is 5. The van der Waals surface area contributed by atoms with Gasteiger partial charge < -0.3 is 62.6 Å². The highest BCUT2D eigenvalue weighted by Gasteiger charge is 2.52. The van der Waals surface area contributed by atoms with Gasteiger partial charge in [0.25, 0.3) is 0 Å². The summed E-state index contributed by atoms with van der Waals surface area (Å²) in [4.78, 5) is 93.8. The van der Waals surface area contributed by atoms with Gasteiger partial charge in [-0.1, -0.05) is 12.1 Å². The van der Waals surface area contributed by atoms with E-state index in [0.717, 1.165) is 73.5 Å². The second kappa shape index (κ2) is 44.8. The number of nitrogens with one attached hydrogen (secondary N) is 1. The molecule has 13 rings (SSSR count). The second-order valence-corrected chi connectivity index (χ2v) is 48.8. The molecule has 8 aliphatic rings. The Kier molecular flexibility index (Phi) is 37.6.